The van der Waals surface area contributed by atoms with Gasteiger partial charge in [0.1, 0.15) is 6.17 Å². The second-order valence-electron chi connectivity index (χ2n) is 7.39. The number of likely N-dealkylation sites (tertiary alicyclic amines) is 2. The van der Waals surface area contributed by atoms with E-state index >= 15 is 0 Å². The molecule has 2 saturated heterocycles. The maximum Gasteiger partial charge on any atom is 0.117 e. The minimum absolute atomic E-state index is 0.181. The van der Waals surface area contributed by atoms with Crippen molar-refractivity contribution in [1.29, 1.82) is 0 Å². The predicted molar refractivity (Wildman–Crippen MR) is 83.3 cm³/mol. The highest BCUT2D eigenvalue weighted by Crippen LogP contribution is 2.33. The largest absolute Gasteiger partial charge is 0.375 e. The molecule has 0 aliphatic carbocycles. The van der Waals surface area contributed by atoms with Crippen LogP contribution in [0.1, 0.15) is 33.6 Å². The summed E-state index contributed by atoms with van der Waals surface area (Å²) in [5, 5.41) is 0. The van der Waals surface area contributed by atoms with Crippen molar-refractivity contribution in [3.05, 3.63) is 12.3 Å². The SMILES string of the molecule is C=C(CC(C)C1CN(C)CC1F)N1CCC(C(C)C)C1. The Labute approximate surface area is 124 Å². The molecule has 2 fully saturated rings. The monoisotopic (exact) mass is 282 g/mol. The van der Waals surface area contributed by atoms with E-state index in [2.05, 4.69) is 37.1 Å². The summed E-state index contributed by atoms with van der Waals surface area (Å²) in [7, 11) is 2.02. The molecule has 2 aliphatic rings. The Kier molecular flexibility index (Phi) is 5.11. The maximum absolute atomic E-state index is 14.0. The molecule has 116 valence electrons. The van der Waals surface area contributed by atoms with Crippen molar-refractivity contribution < 1.29 is 4.39 Å². The highest BCUT2D eigenvalue weighted by molar-refractivity contribution is 5.01. The van der Waals surface area contributed by atoms with Gasteiger partial charge < -0.3 is 9.80 Å². The lowest BCUT2D eigenvalue weighted by atomic mass is 9.88. The Morgan fingerprint density at radius 2 is 1.95 bits per heavy atom. The fourth-order valence-electron chi connectivity index (χ4n) is 3.79. The van der Waals surface area contributed by atoms with Gasteiger partial charge in [-0.2, -0.15) is 0 Å². The lowest BCUT2D eigenvalue weighted by Crippen LogP contribution is -2.26. The van der Waals surface area contributed by atoms with E-state index < -0.39 is 6.17 Å². The number of halogens is 1. The van der Waals surface area contributed by atoms with Crippen molar-refractivity contribution in [2.45, 2.75) is 39.8 Å². The third kappa shape index (κ3) is 3.55. The molecular formula is C17H31FN2. The number of rotatable bonds is 5. The smallest absolute Gasteiger partial charge is 0.117 e. The summed E-state index contributed by atoms with van der Waals surface area (Å²) in [6.07, 6.45) is 1.57. The number of hydrogen-bond donors (Lipinski definition) is 0. The van der Waals surface area contributed by atoms with Crippen molar-refractivity contribution >= 4 is 0 Å². The second-order valence-corrected chi connectivity index (χ2v) is 7.39. The van der Waals surface area contributed by atoms with Crippen molar-refractivity contribution in [3.8, 4) is 0 Å². The summed E-state index contributed by atoms with van der Waals surface area (Å²) in [5.74, 6) is 2.12. The Hall–Kier alpha value is -0.570. The van der Waals surface area contributed by atoms with E-state index in [4.69, 9.17) is 0 Å². The first-order valence-electron chi connectivity index (χ1n) is 8.13. The minimum Gasteiger partial charge on any atom is -0.375 e. The topological polar surface area (TPSA) is 6.48 Å². The number of alkyl halides is 1. The van der Waals surface area contributed by atoms with Crippen LogP contribution in [0.2, 0.25) is 0 Å². The van der Waals surface area contributed by atoms with Gasteiger partial charge in [-0.05, 0) is 37.6 Å². The number of allylic oxidation sites excluding steroid dienone is 1. The van der Waals surface area contributed by atoms with E-state index in [1.807, 2.05) is 7.05 Å². The Morgan fingerprint density at radius 3 is 2.45 bits per heavy atom. The van der Waals surface area contributed by atoms with Gasteiger partial charge >= 0.3 is 0 Å². The molecule has 4 unspecified atom stereocenters. The molecule has 0 N–H and O–H groups in total. The van der Waals surface area contributed by atoms with E-state index in [0.717, 1.165) is 37.9 Å². The molecule has 0 spiro atoms. The second kappa shape index (κ2) is 6.46. The van der Waals surface area contributed by atoms with E-state index in [9.17, 15) is 4.39 Å². The van der Waals surface area contributed by atoms with Gasteiger partial charge in [0.05, 0.1) is 0 Å². The van der Waals surface area contributed by atoms with Crippen LogP contribution < -0.4 is 0 Å². The van der Waals surface area contributed by atoms with Gasteiger partial charge in [0.25, 0.3) is 0 Å². The molecule has 2 heterocycles. The molecule has 20 heavy (non-hydrogen) atoms. The third-order valence-corrected chi connectivity index (χ3v) is 5.38. The summed E-state index contributed by atoms with van der Waals surface area (Å²) in [6.45, 7) is 14.9. The zero-order valence-corrected chi connectivity index (χ0v) is 13.6. The van der Waals surface area contributed by atoms with Crippen LogP contribution >= 0.6 is 0 Å². The summed E-state index contributed by atoms with van der Waals surface area (Å²) < 4.78 is 14.0. The molecule has 0 aromatic carbocycles. The van der Waals surface area contributed by atoms with Crippen LogP contribution in [0.15, 0.2) is 12.3 Å². The Bertz CT molecular complexity index is 342. The zero-order valence-electron chi connectivity index (χ0n) is 13.6. The molecule has 2 rings (SSSR count). The highest BCUT2D eigenvalue weighted by atomic mass is 19.1. The highest BCUT2D eigenvalue weighted by Gasteiger charge is 2.35. The van der Waals surface area contributed by atoms with E-state index in [-0.39, 0.29) is 5.92 Å². The Balaban J connectivity index is 1.83. The molecule has 3 heteroatoms. The molecular weight excluding hydrogens is 251 g/mol. The van der Waals surface area contributed by atoms with Crippen LogP contribution in [0.25, 0.3) is 0 Å². The zero-order chi connectivity index (χ0) is 14.9. The van der Waals surface area contributed by atoms with Crippen LogP contribution in [0.3, 0.4) is 0 Å². The lowest BCUT2D eigenvalue weighted by molar-refractivity contribution is 0.214. The summed E-state index contributed by atoms with van der Waals surface area (Å²) in [6, 6.07) is 0. The van der Waals surface area contributed by atoms with Crippen molar-refractivity contribution in [2.24, 2.45) is 23.7 Å². The molecule has 0 aromatic heterocycles. The molecule has 0 bridgehead atoms. The quantitative estimate of drug-likeness (QED) is 0.762. The van der Waals surface area contributed by atoms with Gasteiger partial charge in [0.2, 0.25) is 0 Å². The molecule has 0 aromatic rings. The van der Waals surface area contributed by atoms with Gasteiger partial charge in [-0.15, -0.1) is 0 Å². The van der Waals surface area contributed by atoms with Crippen molar-refractivity contribution in [2.75, 3.05) is 33.2 Å². The van der Waals surface area contributed by atoms with Crippen LogP contribution in [-0.2, 0) is 0 Å². The van der Waals surface area contributed by atoms with E-state index in [1.54, 1.807) is 0 Å². The first-order valence-corrected chi connectivity index (χ1v) is 8.13. The van der Waals surface area contributed by atoms with E-state index in [0.29, 0.717) is 12.5 Å². The molecule has 2 aliphatic heterocycles. The number of hydrogen-bond acceptors (Lipinski definition) is 2. The first kappa shape index (κ1) is 15.8. The van der Waals surface area contributed by atoms with Gasteiger partial charge in [-0.1, -0.05) is 27.4 Å². The van der Waals surface area contributed by atoms with Crippen molar-refractivity contribution in [1.82, 2.24) is 9.80 Å². The summed E-state index contributed by atoms with van der Waals surface area (Å²) in [4.78, 5) is 4.55. The molecule has 0 radical (unpaired) electrons. The average Bonchev–Trinajstić information content (AvgIpc) is 2.95. The van der Waals surface area contributed by atoms with Gasteiger partial charge in [-0.25, -0.2) is 4.39 Å². The summed E-state index contributed by atoms with van der Waals surface area (Å²) >= 11 is 0. The number of nitrogens with zero attached hydrogens (tertiary/aromatic N) is 2. The fraction of sp³-hybridized carbons (Fsp3) is 0.882. The van der Waals surface area contributed by atoms with Crippen LogP contribution in [0.4, 0.5) is 4.39 Å². The van der Waals surface area contributed by atoms with Crippen LogP contribution in [0, 0.1) is 23.7 Å². The predicted octanol–water partition coefficient (Wildman–Crippen LogP) is 3.40. The van der Waals surface area contributed by atoms with Gasteiger partial charge in [0, 0.05) is 37.8 Å². The molecule has 2 nitrogen and oxygen atoms in total. The Morgan fingerprint density at radius 1 is 1.25 bits per heavy atom. The first-order chi connectivity index (χ1) is 9.38. The van der Waals surface area contributed by atoms with Gasteiger partial charge in [-0.3, -0.25) is 0 Å². The van der Waals surface area contributed by atoms with Crippen LogP contribution in [0.5, 0.6) is 0 Å². The maximum atomic E-state index is 14.0. The minimum atomic E-state index is -0.662. The lowest BCUT2D eigenvalue weighted by Gasteiger charge is -2.27. The fourth-order valence-corrected chi connectivity index (χ4v) is 3.79. The third-order valence-electron chi connectivity index (χ3n) is 5.38. The summed E-state index contributed by atoms with van der Waals surface area (Å²) in [5.41, 5.74) is 1.22. The molecule has 4 atom stereocenters. The average molecular weight is 282 g/mol. The molecule has 0 amide bonds. The van der Waals surface area contributed by atoms with E-state index in [1.165, 1.54) is 12.1 Å². The van der Waals surface area contributed by atoms with Gasteiger partial charge in [0.15, 0.2) is 0 Å². The normalized spacial score (nSPS) is 33.1. The standard InChI is InChI=1S/C17H31FN2/c1-12(2)15-6-7-20(9-15)14(4)8-13(3)16-10-19(5)11-17(16)18/h12-13,15-17H,4,6-11H2,1-3,5H3. The van der Waals surface area contributed by atoms with Crippen molar-refractivity contribution in [3.63, 3.8) is 0 Å². The molecule has 0 saturated carbocycles. The van der Waals surface area contributed by atoms with Crippen LogP contribution in [-0.4, -0.2) is 49.2 Å².